The van der Waals surface area contributed by atoms with E-state index in [-0.39, 0.29) is 0 Å². The molecule has 1 aromatic carbocycles. The molecule has 106 valence electrons. The second-order valence-electron chi connectivity index (χ2n) is 5.18. The molecule has 5 heteroatoms. The molecule has 0 fully saturated rings. The Morgan fingerprint density at radius 2 is 2.24 bits per heavy atom. The number of ether oxygens (including phenoxy) is 1. The zero-order chi connectivity index (χ0) is 14.2. The van der Waals surface area contributed by atoms with Crippen molar-refractivity contribution in [1.82, 2.24) is 9.97 Å². The molecular weight excluding hydrogens is 282 g/mol. The second kappa shape index (κ2) is 5.00. The van der Waals surface area contributed by atoms with Gasteiger partial charge in [-0.25, -0.2) is 9.97 Å². The van der Waals surface area contributed by atoms with E-state index in [4.69, 9.17) is 4.74 Å². The fourth-order valence-electron chi connectivity index (χ4n) is 2.70. The SMILES string of the molecule is Cc1cc2c(Oc3cccc4c3NCCC4)ncnc2s1. The molecule has 0 amide bonds. The number of aromatic nitrogens is 2. The highest BCUT2D eigenvalue weighted by atomic mass is 32.1. The highest BCUT2D eigenvalue weighted by Crippen LogP contribution is 2.37. The maximum absolute atomic E-state index is 6.10. The summed E-state index contributed by atoms with van der Waals surface area (Å²) in [5, 5.41) is 4.42. The number of nitrogens with zero attached hydrogens (tertiary/aromatic N) is 2. The standard InChI is InChI=1S/C16H15N3OS/c1-10-8-12-15(18-9-19-16(12)21-10)20-13-6-2-4-11-5-3-7-17-14(11)13/h2,4,6,8-9,17H,3,5,7H2,1H3. The maximum Gasteiger partial charge on any atom is 0.231 e. The summed E-state index contributed by atoms with van der Waals surface area (Å²) in [5.41, 5.74) is 2.41. The van der Waals surface area contributed by atoms with Gasteiger partial charge in [0.2, 0.25) is 5.88 Å². The molecule has 0 spiro atoms. The Balaban J connectivity index is 1.78. The van der Waals surface area contributed by atoms with Crippen LogP contribution in [0, 0.1) is 6.92 Å². The van der Waals surface area contributed by atoms with Crippen LogP contribution in [-0.4, -0.2) is 16.5 Å². The molecule has 0 atom stereocenters. The lowest BCUT2D eigenvalue weighted by Gasteiger charge is -2.20. The van der Waals surface area contributed by atoms with Gasteiger partial charge in [0.25, 0.3) is 0 Å². The Kier molecular flexibility index (Phi) is 3.00. The first kappa shape index (κ1) is 12.6. The van der Waals surface area contributed by atoms with Crippen molar-refractivity contribution in [2.75, 3.05) is 11.9 Å². The fraction of sp³-hybridized carbons (Fsp3) is 0.250. The van der Waals surface area contributed by atoms with Crippen LogP contribution in [0.2, 0.25) is 0 Å². The second-order valence-corrected chi connectivity index (χ2v) is 6.41. The number of anilines is 1. The van der Waals surface area contributed by atoms with Gasteiger partial charge in [-0.3, -0.25) is 0 Å². The van der Waals surface area contributed by atoms with Crippen molar-refractivity contribution in [3.8, 4) is 11.6 Å². The van der Waals surface area contributed by atoms with Crippen molar-refractivity contribution >= 4 is 27.2 Å². The average Bonchev–Trinajstić information content (AvgIpc) is 2.89. The quantitative estimate of drug-likeness (QED) is 0.772. The molecule has 0 radical (unpaired) electrons. The summed E-state index contributed by atoms with van der Waals surface area (Å²) < 4.78 is 6.10. The maximum atomic E-state index is 6.10. The lowest BCUT2D eigenvalue weighted by molar-refractivity contribution is 0.468. The van der Waals surface area contributed by atoms with Crippen LogP contribution in [0.3, 0.4) is 0 Å². The van der Waals surface area contributed by atoms with Gasteiger partial charge < -0.3 is 10.1 Å². The van der Waals surface area contributed by atoms with E-state index in [1.54, 1.807) is 17.7 Å². The number of rotatable bonds is 2. The molecule has 3 aromatic rings. The molecule has 0 unspecified atom stereocenters. The van der Waals surface area contributed by atoms with E-state index in [1.807, 2.05) is 12.1 Å². The first-order valence-electron chi connectivity index (χ1n) is 7.06. The summed E-state index contributed by atoms with van der Waals surface area (Å²) in [4.78, 5) is 10.8. The Morgan fingerprint density at radius 3 is 3.19 bits per heavy atom. The highest BCUT2D eigenvalue weighted by molar-refractivity contribution is 7.18. The number of nitrogens with one attached hydrogen (secondary N) is 1. The molecule has 0 saturated heterocycles. The van der Waals surface area contributed by atoms with Gasteiger partial charge in [0.1, 0.15) is 11.2 Å². The lowest BCUT2D eigenvalue weighted by atomic mass is 10.0. The minimum absolute atomic E-state index is 0.630. The third kappa shape index (κ3) is 2.23. The van der Waals surface area contributed by atoms with Gasteiger partial charge in [0.15, 0.2) is 5.75 Å². The molecule has 1 aliphatic rings. The van der Waals surface area contributed by atoms with Crippen LogP contribution < -0.4 is 10.1 Å². The number of thiophene rings is 1. The summed E-state index contributed by atoms with van der Waals surface area (Å²) in [6.45, 7) is 3.06. The van der Waals surface area contributed by atoms with Gasteiger partial charge in [-0.15, -0.1) is 11.3 Å². The molecule has 0 aliphatic carbocycles. The Hall–Kier alpha value is -2.14. The minimum Gasteiger partial charge on any atom is -0.436 e. The monoisotopic (exact) mass is 297 g/mol. The van der Waals surface area contributed by atoms with E-state index in [1.165, 1.54) is 10.4 Å². The number of hydrogen-bond acceptors (Lipinski definition) is 5. The van der Waals surface area contributed by atoms with Gasteiger partial charge in [-0.05, 0) is 37.5 Å². The molecule has 21 heavy (non-hydrogen) atoms. The van der Waals surface area contributed by atoms with Gasteiger partial charge in [-0.1, -0.05) is 12.1 Å². The van der Waals surface area contributed by atoms with Crippen LogP contribution in [0.5, 0.6) is 11.6 Å². The predicted octanol–water partition coefficient (Wildman–Crippen LogP) is 4.15. The van der Waals surface area contributed by atoms with Crippen LogP contribution in [0.25, 0.3) is 10.2 Å². The average molecular weight is 297 g/mol. The molecule has 1 aliphatic heterocycles. The van der Waals surface area contributed by atoms with Crippen molar-refractivity contribution in [1.29, 1.82) is 0 Å². The summed E-state index contributed by atoms with van der Waals surface area (Å²) >= 11 is 1.66. The van der Waals surface area contributed by atoms with Crippen molar-refractivity contribution in [3.63, 3.8) is 0 Å². The van der Waals surface area contributed by atoms with Crippen molar-refractivity contribution in [2.45, 2.75) is 19.8 Å². The Labute approximate surface area is 126 Å². The predicted molar refractivity (Wildman–Crippen MR) is 85.5 cm³/mol. The van der Waals surface area contributed by atoms with Gasteiger partial charge in [-0.2, -0.15) is 0 Å². The molecule has 0 saturated carbocycles. The third-order valence-electron chi connectivity index (χ3n) is 3.66. The van der Waals surface area contributed by atoms with E-state index in [9.17, 15) is 0 Å². The van der Waals surface area contributed by atoms with Crippen LogP contribution in [0.4, 0.5) is 5.69 Å². The van der Waals surface area contributed by atoms with E-state index < -0.39 is 0 Å². The van der Waals surface area contributed by atoms with Gasteiger partial charge in [0, 0.05) is 11.4 Å². The number of fused-ring (bicyclic) bond motifs is 2. The zero-order valence-electron chi connectivity index (χ0n) is 11.7. The number of hydrogen-bond donors (Lipinski definition) is 1. The van der Waals surface area contributed by atoms with Gasteiger partial charge in [0.05, 0.1) is 11.1 Å². The van der Waals surface area contributed by atoms with Crippen LogP contribution in [-0.2, 0) is 6.42 Å². The van der Waals surface area contributed by atoms with E-state index in [0.717, 1.165) is 41.0 Å². The molecule has 0 bridgehead atoms. The zero-order valence-corrected chi connectivity index (χ0v) is 12.5. The number of para-hydroxylation sites is 1. The van der Waals surface area contributed by atoms with Crippen molar-refractivity contribution in [2.24, 2.45) is 0 Å². The highest BCUT2D eigenvalue weighted by Gasteiger charge is 2.16. The summed E-state index contributed by atoms with van der Waals surface area (Å²) in [6, 6.07) is 8.26. The fourth-order valence-corrected chi connectivity index (χ4v) is 3.54. The van der Waals surface area contributed by atoms with Crippen LogP contribution in [0.1, 0.15) is 16.9 Å². The van der Waals surface area contributed by atoms with Crippen molar-refractivity contribution < 1.29 is 4.74 Å². The largest absolute Gasteiger partial charge is 0.436 e. The van der Waals surface area contributed by atoms with Crippen molar-refractivity contribution in [3.05, 3.63) is 41.0 Å². The van der Waals surface area contributed by atoms with E-state index in [0.29, 0.717) is 5.88 Å². The molecular formula is C16H15N3OS. The summed E-state index contributed by atoms with van der Waals surface area (Å²) in [7, 11) is 0. The summed E-state index contributed by atoms with van der Waals surface area (Å²) in [5.74, 6) is 1.47. The first-order chi connectivity index (χ1) is 10.3. The number of benzene rings is 1. The number of aryl methyl sites for hydroxylation is 2. The van der Waals surface area contributed by atoms with Crippen LogP contribution >= 0.6 is 11.3 Å². The Morgan fingerprint density at radius 1 is 1.29 bits per heavy atom. The smallest absolute Gasteiger partial charge is 0.231 e. The Bertz CT molecular complexity index is 812. The molecule has 4 rings (SSSR count). The third-order valence-corrected chi connectivity index (χ3v) is 4.62. The molecule has 2 aromatic heterocycles. The topological polar surface area (TPSA) is 47.0 Å². The van der Waals surface area contributed by atoms with E-state index >= 15 is 0 Å². The van der Waals surface area contributed by atoms with Gasteiger partial charge >= 0.3 is 0 Å². The molecule has 1 N–H and O–H groups in total. The van der Waals surface area contributed by atoms with E-state index in [2.05, 4.69) is 34.3 Å². The lowest BCUT2D eigenvalue weighted by Crippen LogP contribution is -2.12. The van der Waals surface area contributed by atoms with Crippen LogP contribution in [0.15, 0.2) is 30.6 Å². The molecule has 4 nitrogen and oxygen atoms in total. The first-order valence-corrected chi connectivity index (χ1v) is 7.88. The molecule has 3 heterocycles. The summed E-state index contributed by atoms with van der Waals surface area (Å²) in [6.07, 6.45) is 3.82. The normalized spacial score (nSPS) is 13.8. The minimum atomic E-state index is 0.630.